The van der Waals surface area contributed by atoms with Crippen LogP contribution in [0.3, 0.4) is 0 Å². The van der Waals surface area contributed by atoms with Crippen molar-refractivity contribution in [3.05, 3.63) is 64.7 Å². The molecule has 1 amide bonds. The first-order valence-electron chi connectivity index (χ1n) is 8.05. The second-order valence-corrected chi connectivity index (χ2v) is 6.09. The van der Waals surface area contributed by atoms with E-state index in [-0.39, 0.29) is 12.6 Å². The van der Waals surface area contributed by atoms with Crippen LogP contribution in [-0.4, -0.2) is 24.5 Å². The summed E-state index contributed by atoms with van der Waals surface area (Å²) in [6, 6.07) is 9.11. The Morgan fingerprint density at radius 1 is 1.03 bits per heavy atom. The predicted molar refractivity (Wildman–Crippen MR) is 89.6 cm³/mol. The highest BCUT2D eigenvalue weighted by Crippen LogP contribution is 2.38. The number of hydrogen-bond acceptors (Lipinski definition) is 3. The van der Waals surface area contributed by atoms with E-state index in [0.29, 0.717) is 23.3 Å². The van der Waals surface area contributed by atoms with Gasteiger partial charge in [0.2, 0.25) is 0 Å². The summed E-state index contributed by atoms with van der Waals surface area (Å²) in [4.78, 5) is 13.3. The summed E-state index contributed by atoms with van der Waals surface area (Å²) in [5.41, 5.74) is -2.06. The van der Waals surface area contributed by atoms with Crippen molar-refractivity contribution in [2.75, 3.05) is 13.7 Å². The number of rotatable bonds is 5. The molecule has 0 unspecified atom stereocenters. The molecule has 154 valence electrons. The lowest BCUT2D eigenvalue weighted by Crippen LogP contribution is -2.31. The third kappa shape index (κ3) is 6.14. The molecule has 0 spiro atoms. The Bertz CT molecular complexity index is 899. The van der Waals surface area contributed by atoms with E-state index in [1.165, 1.54) is 11.9 Å². The smallest absolute Gasteiger partial charge is 0.416 e. The maximum atomic E-state index is 12.8. The Labute approximate surface area is 161 Å². The number of carbonyl (C=O) groups is 1. The van der Waals surface area contributed by atoms with Crippen LogP contribution in [0, 0.1) is 11.3 Å². The number of likely N-dealkylation sites (N-methyl/N-ethyl adjacent to an activating group) is 1. The first-order valence-corrected chi connectivity index (χ1v) is 8.05. The van der Waals surface area contributed by atoms with Gasteiger partial charge in [-0.25, -0.2) is 0 Å². The molecule has 0 heterocycles. The maximum Gasteiger partial charge on any atom is 0.416 e. The Balaban J connectivity index is 2.11. The van der Waals surface area contributed by atoms with Gasteiger partial charge < -0.3 is 9.64 Å². The van der Waals surface area contributed by atoms with E-state index in [9.17, 15) is 31.1 Å². The second kappa shape index (κ2) is 8.43. The van der Waals surface area contributed by atoms with Gasteiger partial charge in [0, 0.05) is 13.6 Å². The van der Waals surface area contributed by atoms with Crippen LogP contribution in [-0.2, 0) is 23.7 Å². The zero-order valence-electron chi connectivity index (χ0n) is 14.9. The molecule has 10 heteroatoms. The number of halogens is 6. The van der Waals surface area contributed by atoms with Gasteiger partial charge in [-0.3, -0.25) is 4.79 Å². The van der Waals surface area contributed by atoms with Crippen LogP contribution < -0.4 is 4.74 Å². The third-order valence-electron chi connectivity index (χ3n) is 3.83. The lowest BCUT2D eigenvalue weighted by atomic mass is 10.1. The minimum Gasteiger partial charge on any atom is -0.484 e. The van der Waals surface area contributed by atoms with E-state index in [2.05, 4.69) is 0 Å². The van der Waals surface area contributed by atoms with E-state index >= 15 is 0 Å². The summed E-state index contributed by atoms with van der Waals surface area (Å²) in [6.45, 7) is -0.679. The van der Waals surface area contributed by atoms with Crippen LogP contribution in [0.5, 0.6) is 5.75 Å². The number of ether oxygens (including phenoxy) is 1. The summed E-state index contributed by atoms with van der Waals surface area (Å²) < 4.78 is 82.0. The highest BCUT2D eigenvalue weighted by atomic mass is 19.4. The summed E-state index contributed by atoms with van der Waals surface area (Å²) >= 11 is 0. The molecule has 0 radical (unpaired) electrons. The number of hydrogen-bond donors (Lipinski definition) is 0. The molecule has 0 saturated heterocycles. The van der Waals surface area contributed by atoms with Crippen molar-refractivity contribution >= 4 is 5.91 Å². The van der Waals surface area contributed by atoms with Crippen molar-refractivity contribution in [2.45, 2.75) is 18.9 Å². The molecule has 0 fully saturated rings. The molecule has 0 bridgehead atoms. The molecule has 2 rings (SSSR count). The Morgan fingerprint density at radius 3 is 2.14 bits per heavy atom. The maximum absolute atomic E-state index is 12.8. The predicted octanol–water partition coefficient (Wildman–Crippen LogP) is 4.63. The van der Waals surface area contributed by atoms with Gasteiger partial charge in [-0.15, -0.1) is 0 Å². The van der Waals surface area contributed by atoms with Crippen molar-refractivity contribution in [3.8, 4) is 11.8 Å². The van der Waals surface area contributed by atoms with E-state index in [1.807, 2.05) is 6.07 Å². The molecule has 0 aliphatic rings. The highest BCUT2D eigenvalue weighted by Gasteiger charge is 2.37. The molecule has 2 aromatic rings. The van der Waals surface area contributed by atoms with Gasteiger partial charge in [-0.1, -0.05) is 12.1 Å². The number of nitriles is 1. The van der Waals surface area contributed by atoms with Gasteiger partial charge in [0.05, 0.1) is 22.8 Å². The van der Waals surface area contributed by atoms with Crippen molar-refractivity contribution in [1.29, 1.82) is 5.26 Å². The van der Waals surface area contributed by atoms with E-state index in [4.69, 9.17) is 10.00 Å². The van der Waals surface area contributed by atoms with E-state index in [0.717, 1.165) is 0 Å². The minimum absolute atomic E-state index is 0.0248. The van der Waals surface area contributed by atoms with Gasteiger partial charge >= 0.3 is 12.4 Å². The van der Waals surface area contributed by atoms with Crippen LogP contribution >= 0.6 is 0 Å². The first kappa shape index (κ1) is 22.1. The van der Waals surface area contributed by atoms with Gasteiger partial charge in [0.1, 0.15) is 5.75 Å². The average Bonchev–Trinajstić information content (AvgIpc) is 2.64. The highest BCUT2D eigenvalue weighted by molar-refractivity contribution is 5.77. The number of amides is 1. The molecular weight excluding hydrogens is 402 g/mol. The second-order valence-electron chi connectivity index (χ2n) is 6.09. The van der Waals surface area contributed by atoms with Crippen molar-refractivity contribution in [1.82, 2.24) is 4.90 Å². The van der Waals surface area contributed by atoms with Crippen LogP contribution in [0.25, 0.3) is 0 Å². The molecule has 2 aromatic carbocycles. The van der Waals surface area contributed by atoms with Crippen molar-refractivity contribution in [3.63, 3.8) is 0 Å². The molecule has 0 aliphatic heterocycles. The topological polar surface area (TPSA) is 53.3 Å². The standard InChI is InChI=1S/C19H14F6N2O2/c1-27(10-13-4-2-3-12(5-13)9-26)17(28)11-29-16-7-14(18(20,21)22)6-15(8-16)19(23,24)25/h2-8H,10-11H2,1H3. The molecule has 0 saturated carbocycles. The van der Waals surface area contributed by atoms with Crippen molar-refractivity contribution < 1.29 is 35.9 Å². The number of benzene rings is 2. The van der Waals surface area contributed by atoms with Gasteiger partial charge in [-0.2, -0.15) is 31.6 Å². The van der Waals surface area contributed by atoms with E-state index < -0.39 is 41.7 Å². The normalized spacial score (nSPS) is 11.7. The third-order valence-corrected chi connectivity index (χ3v) is 3.83. The van der Waals surface area contributed by atoms with Crippen LogP contribution in [0.15, 0.2) is 42.5 Å². The zero-order valence-corrected chi connectivity index (χ0v) is 14.9. The fourth-order valence-electron chi connectivity index (χ4n) is 2.37. The molecule has 4 nitrogen and oxygen atoms in total. The monoisotopic (exact) mass is 416 g/mol. The quantitative estimate of drug-likeness (QED) is 0.668. The lowest BCUT2D eigenvalue weighted by Gasteiger charge is -2.19. The largest absolute Gasteiger partial charge is 0.484 e. The SMILES string of the molecule is CN(Cc1cccc(C#N)c1)C(=O)COc1cc(C(F)(F)F)cc(C(F)(F)F)c1. The molecule has 0 aromatic heterocycles. The molecule has 0 aliphatic carbocycles. The lowest BCUT2D eigenvalue weighted by molar-refractivity contribution is -0.143. The van der Waals surface area contributed by atoms with Gasteiger partial charge in [0.25, 0.3) is 5.91 Å². The summed E-state index contributed by atoms with van der Waals surface area (Å²) in [6.07, 6.45) is -10.0. The van der Waals surface area contributed by atoms with Gasteiger partial charge in [-0.05, 0) is 35.9 Å². The Morgan fingerprint density at radius 2 is 1.62 bits per heavy atom. The van der Waals surface area contributed by atoms with Gasteiger partial charge in [0.15, 0.2) is 6.61 Å². The molecule has 0 atom stereocenters. The molecular formula is C19H14F6N2O2. The van der Waals surface area contributed by atoms with E-state index in [1.54, 1.807) is 24.3 Å². The average molecular weight is 416 g/mol. The minimum atomic E-state index is -5.01. The fraction of sp³-hybridized carbons (Fsp3) is 0.263. The summed E-state index contributed by atoms with van der Waals surface area (Å²) in [7, 11) is 1.39. The first-order chi connectivity index (χ1) is 13.4. The number of alkyl halides is 6. The Hall–Kier alpha value is -3.22. The summed E-state index contributed by atoms with van der Waals surface area (Å²) in [5, 5.41) is 8.86. The van der Waals surface area contributed by atoms with Crippen LogP contribution in [0.4, 0.5) is 26.3 Å². The summed E-state index contributed by atoms with van der Waals surface area (Å²) in [5.74, 6) is -1.39. The van der Waals surface area contributed by atoms with Crippen LogP contribution in [0.2, 0.25) is 0 Å². The fourth-order valence-corrected chi connectivity index (χ4v) is 2.37. The van der Waals surface area contributed by atoms with Crippen LogP contribution in [0.1, 0.15) is 22.3 Å². The molecule has 0 N–H and O–H groups in total. The number of carbonyl (C=O) groups excluding carboxylic acids is 1. The number of nitrogens with zero attached hydrogens (tertiary/aromatic N) is 2. The molecule has 29 heavy (non-hydrogen) atoms. The Kier molecular flexibility index (Phi) is 6.41. The zero-order chi connectivity index (χ0) is 21.8. The van der Waals surface area contributed by atoms with Crippen molar-refractivity contribution in [2.24, 2.45) is 0 Å².